The van der Waals surface area contributed by atoms with Crippen molar-refractivity contribution < 1.29 is 51.9 Å². The van der Waals surface area contributed by atoms with Crippen molar-refractivity contribution in [2.75, 3.05) is 0 Å². The third-order valence-electron chi connectivity index (χ3n) is 5.27. The second-order valence-corrected chi connectivity index (χ2v) is 10.2. The number of fused-ring (bicyclic) bond motifs is 1. The first-order valence-electron chi connectivity index (χ1n) is 10.6. The van der Waals surface area contributed by atoms with Crippen LogP contribution in [0.1, 0.15) is 10.6 Å². The van der Waals surface area contributed by atoms with Gasteiger partial charge in [-0.1, -0.05) is 65.7 Å². The van der Waals surface area contributed by atoms with Crippen LogP contribution in [-0.4, -0.2) is 14.3 Å². The number of halogens is 2. The molecule has 0 atom stereocenters. The van der Waals surface area contributed by atoms with Crippen LogP contribution in [0.5, 0.6) is 11.5 Å². The van der Waals surface area contributed by atoms with Gasteiger partial charge in [0.25, 0.3) is 0 Å². The number of carbonyl (C=O) groups excluding carboxylic acids is 1. The summed E-state index contributed by atoms with van der Waals surface area (Å²) < 4.78 is 39.9. The molecule has 37 heavy (non-hydrogen) atoms. The number of ether oxygens (including phenoxy) is 1. The first-order chi connectivity index (χ1) is 17.3. The Morgan fingerprint density at radius 3 is 2.16 bits per heavy atom. The second kappa shape index (κ2) is 11.3. The van der Waals surface area contributed by atoms with Crippen molar-refractivity contribution in [2.45, 2.75) is 4.90 Å². The molecule has 4 aromatic carbocycles. The van der Waals surface area contributed by atoms with Crippen LogP contribution < -0.4 is 34.3 Å². The summed E-state index contributed by atoms with van der Waals surface area (Å²) in [6.45, 7) is 0. The van der Waals surface area contributed by atoms with E-state index in [-0.39, 0.29) is 50.3 Å². The van der Waals surface area contributed by atoms with Gasteiger partial charge >= 0.3 is 29.6 Å². The Hall–Kier alpha value is -2.78. The van der Waals surface area contributed by atoms with Crippen LogP contribution in [0.25, 0.3) is 26.8 Å². The fraction of sp³-hybridized carbons (Fsp3) is 0. The van der Waals surface area contributed by atoms with Crippen LogP contribution in [0.15, 0.2) is 106 Å². The molecule has 1 aromatic heterocycles. The molecule has 5 rings (SSSR count). The Morgan fingerprint density at radius 2 is 1.46 bits per heavy atom. The van der Waals surface area contributed by atoms with Crippen LogP contribution in [0, 0.1) is 0 Å². The quantitative estimate of drug-likeness (QED) is 0.270. The zero-order chi connectivity index (χ0) is 25.3. The number of carbonyl (C=O) groups is 1. The predicted molar refractivity (Wildman–Crippen MR) is 140 cm³/mol. The summed E-state index contributed by atoms with van der Waals surface area (Å²) in [4.78, 5) is 12.2. The molecule has 0 bridgehead atoms. The molecule has 0 aliphatic carbocycles. The van der Waals surface area contributed by atoms with Crippen LogP contribution in [0.3, 0.4) is 0 Å². The number of nitrogens with zero attached hydrogens (tertiary/aromatic N) is 1. The average molecular weight is 560 g/mol. The fourth-order valence-corrected chi connectivity index (χ4v) is 5.20. The minimum absolute atomic E-state index is 0. The van der Waals surface area contributed by atoms with E-state index < -0.39 is 15.9 Å². The van der Waals surface area contributed by atoms with Crippen molar-refractivity contribution in [2.24, 2.45) is 0 Å². The Labute approximate surface area is 245 Å². The molecule has 10 heteroatoms. The van der Waals surface area contributed by atoms with Gasteiger partial charge < -0.3 is 18.7 Å². The largest absolute Gasteiger partial charge is 1.00 e. The molecule has 0 radical (unpaired) electrons. The number of furan rings is 1. The van der Waals surface area contributed by atoms with Crippen molar-refractivity contribution in [1.29, 1.82) is 0 Å². The molecule has 0 aliphatic heterocycles. The molecule has 0 spiro atoms. The summed E-state index contributed by atoms with van der Waals surface area (Å²) in [5, 5.41) is 0.706. The summed E-state index contributed by atoms with van der Waals surface area (Å²) >= 11 is 11.8. The van der Waals surface area contributed by atoms with Gasteiger partial charge in [-0.25, -0.2) is 8.42 Å². The smallest absolute Gasteiger partial charge is 0.535 e. The normalized spacial score (nSPS) is 11.1. The Bertz CT molecular complexity index is 1690. The van der Waals surface area contributed by atoms with E-state index in [1.165, 1.54) is 24.3 Å². The Kier molecular flexibility index (Phi) is 8.33. The van der Waals surface area contributed by atoms with Crippen LogP contribution >= 0.6 is 23.2 Å². The monoisotopic (exact) mass is 559 g/mol. The molecule has 180 valence electrons. The summed E-state index contributed by atoms with van der Waals surface area (Å²) in [7, 11) is -4.36. The molecule has 0 saturated heterocycles. The summed E-state index contributed by atoms with van der Waals surface area (Å²) in [5.41, 5.74) is 2.50. The molecular weight excluding hydrogens is 544 g/mol. The van der Waals surface area contributed by atoms with Gasteiger partial charge in [-0.05, 0) is 59.7 Å². The van der Waals surface area contributed by atoms with Crippen LogP contribution in [-0.2, 0) is 10.0 Å². The number of amides is 1. The van der Waals surface area contributed by atoms with Gasteiger partial charge in [-0.3, -0.25) is 0 Å². The third-order valence-corrected chi connectivity index (χ3v) is 7.25. The number of benzene rings is 4. The van der Waals surface area contributed by atoms with Crippen molar-refractivity contribution in [3.05, 3.63) is 118 Å². The molecule has 0 unspecified atom stereocenters. The number of sulfonamides is 1. The molecule has 5 aromatic rings. The maximum Gasteiger partial charge on any atom is 1.00 e. The minimum atomic E-state index is -4.36. The van der Waals surface area contributed by atoms with E-state index in [0.717, 1.165) is 11.1 Å². The van der Waals surface area contributed by atoms with Gasteiger partial charge in [0.1, 0.15) is 33.0 Å². The molecule has 0 fully saturated rings. The molecule has 1 heterocycles. The van der Waals surface area contributed by atoms with Crippen molar-refractivity contribution in [3.8, 4) is 22.6 Å². The van der Waals surface area contributed by atoms with Crippen molar-refractivity contribution in [3.63, 3.8) is 0 Å². The topological polar surface area (TPSA) is 87.7 Å². The van der Waals surface area contributed by atoms with Gasteiger partial charge in [0, 0.05) is 16.5 Å². The molecule has 0 aliphatic rings. The van der Waals surface area contributed by atoms with E-state index in [4.69, 9.17) is 32.4 Å². The Balaban J connectivity index is 0.00000320. The summed E-state index contributed by atoms with van der Waals surface area (Å²) in [6, 6.07) is 27.9. The Morgan fingerprint density at radius 1 is 0.784 bits per heavy atom. The van der Waals surface area contributed by atoms with E-state index in [2.05, 4.69) is 4.72 Å². The number of rotatable bonds is 6. The molecular formula is C27H16Cl2NNaO5S. The van der Waals surface area contributed by atoms with Crippen LogP contribution in [0.4, 0.5) is 0 Å². The van der Waals surface area contributed by atoms with Gasteiger partial charge in [-0.15, -0.1) is 0 Å². The first-order valence-corrected chi connectivity index (χ1v) is 12.8. The molecule has 6 nitrogen and oxygen atoms in total. The van der Waals surface area contributed by atoms with Gasteiger partial charge in [0.05, 0.1) is 9.92 Å². The molecule has 0 saturated carbocycles. The zero-order valence-electron chi connectivity index (χ0n) is 19.4. The van der Waals surface area contributed by atoms with E-state index >= 15 is 0 Å². The summed E-state index contributed by atoms with van der Waals surface area (Å²) in [6.07, 6.45) is 0. The van der Waals surface area contributed by atoms with Gasteiger partial charge in [-0.2, -0.15) is 0 Å². The second-order valence-electron chi connectivity index (χ2n) is 7.75. The minimum Gasteiger partial charge on any atom is -0.535 e. The van der Waals surface area contributed by atoms with Gasteiger partial charge in [0.2, 0.25) is 0 Å². The van der Waals surface area contributed by atoms with Crippen LogP contribution in [0.2, 0.25) is 10.0 Å². The van der Waals surface area contributed by atoms with E-state index in [9.17, 15) is 13.2 Å². The van der Waals surface area contributed by atoms with E-state index in [0.29, 0.717) is 22.5 Å². The third kappa shape index (κ3) is 6.21. The standard InChI is InChI=1S/C27H17Cl2NO5S.Na/c28-20-9-13-26(23(29)15-20)36(32,33)30-27(31)25-14-19-8-12-22(16-24(19)35-25)34-21-10-6-18(7-11-21)17-4-2-1-3-5-17;/h1-16H,(H,30,31);/q;+1/p-1. The van der Waals surface area contributed by atoms with Crippen molar-refractivity contribution >= 4 is 50.1 Å². The zero-order valence-corrected chi connectivity index (χ0v) is 23.7. The predicted octanol–water partition coefficient (Wildman–Crippen LogP) is 5.11. The number of hydrogen-bond acceptors (Lipinski definition) is 5. The SMILES string of the molecule is O=C([N-]S(=O)(=O)c1ccc(Cl)cc1Cl)c1cc2ccc(Oc3ccc(-c4ccccc4)cc3)cc2o1.[Na+]. The van der Waals surface area contributed by atoms with Gasteiger partial charge in [0.15, 0.2) is 5.76 Å². The molecule has 0 N–H and O–H groups in total. The average Bonchev–Trinajstić information content (AvgIpc) is 3.28. The fourth-order valence-electron chi connectivity index (χ4n) is 3.55. The maximum absolute atomic E-state index is 12.6. The summed E-state index contributed by atoms with van der Waals surface area (Å²) in [5.74, 6) is -0.183. The maximum atomic E-state index is 12.6. The number of hydrogen-bond donors (Lipinski definition) is 0. The van der Waals surface area contributed by atoms with Crippen molar-refractivity contribution in [1.82, 2.24) is 0 Å². The molecule has 1 amide bonds. The van der Waals surface area contributed by atoms with E-state index in [1.807, 2.05) is 54.6 Å². The first kappa shape index (κ1) is 27.3. The van der Waals surface area contributed by atoms with E-state index in [1.54, 1.807) is 18.2 Å².